The van der Waals surface area contributed by atoms with E-state index in [2.05, 4.69) is 15.1 Å². The molecule has 9 nitrogen and oxygen atoms in total. The predicted molar refractivity (Wildman–Crippen MR) is 145 cm³/mol. The third kappa shape index (κ3) is 5.64. The van der Waals surface area contributed by atoms with E-state index in [0.29, 0.717) is 35.7 Å². The zero-order valence-corrected chi connectivity index (χ0v) is 22.7. The van der Waals surface area contributed by atoms with Crippen LogP contribution >= 0.6 is 0 Å². The number of rotatable bonds is 5. The molecule has 1 fully saturated rings. The molecule has 0 radical (unpaired) electrons. The molecule has 204 valence electrons. The highest BCUT2D eigenvalue weighted by Crippen LogP contribution is 2.39. The molecule has 0 N–H and O–H groups in total. The van der Waals surface area contributed by atoms with E-state index in [0.717, 1.165) is 22.2 Å². The quantitative estimate of drug-likeness (QED) is 0.338. The SMILES string of the molecule is COc1cc2ncnc(-c3cn(C)nc3-c3ccccc3)c2cc1O[C@@H]1CCN(C(=O)OC(C)(C)C)C[C@@H]1F. The Labute approximate surface area is 226 Å². The molecule has 5 rings (SSSR count). The number of alkyl halides is 1. The lowest BCUT2D eigenvalue weighted by Crippen LogP contribution is -2.50. The first kappa shape index (κ1) is 26.4. The number of aromatic nitrogens is 4. The van der Waals surface area contributed by atoms with Crippen molar-refractivity contribution in [2.75, 3.05) is 20.2 Å². The van der Waals surface area contributed by atoms with Crippen LogP contribution in [0.15, 0.2) is 55.0 Å². The second-order valence-electron chi connectivity index (χ2n) is 10.6. The molecule has 4 aromatic rings. The van der Waals surface area contributed by atoms with Gasteiger partial charge in [0.05, 0.1) is 24.9 Å². The monoisotopic (exact) mass is 533 g/mol. The molecule has 1 aliphatic heterocycles. The lowest BCUT2D eigenvalue weighted by atomic mass is 10.0. The summed E-state index contributed by atoms with van der Waals surface area (Å²) in [5.74, 6) is 0.813. The minimum atomic E-state index is -1.40. The summed E-state index contributed by atoms with van der Waals surface area (Å²) in [5.41, 5.74) is 3.26. The van der Waals surface area contributed by atoms with E-state index in [1.54, 1.807) is 37.6 Å². The molecule has 0 bridgehead atoms. The van der Waals surface area contributed by atoms with Crippen LogP contribution < -0.4 is 9.47 Å². The predicted octanol–water partition coefficient (Wildman–Crippen LogP) is 5.43. The number of benzene rings is 2. The lowest BCUT2D eigenvalue weighted by molar-refractivity contribution is -0.0109. The van der Waals surface area contributed by atoms with Crippen LogP contribution in [0.25, 0.3) is 33.4 Å². The van der Waals surface area contributed by atoms with Crippen molar-refractivity contribution < 1.29 is 23.4 Å². The summed E-state index contributed by atoms with van der Waals surface area (Å²) in [6.07, 6.45) is 1.03. The minimum Gasteiger partial charge on any atom is -0.493 e. The third-order valence-electron chi connectivity index (χ3n) is 6.46. The van der Waals surface area contributed by atoms with E-state index in [1.807, 2.05) is 43.6 Å². The molecule has 1 amide bonds. The normalized spacial score (nSPS) is 17.7. The average Bonchev–Trinajstić information content (AvgIpc) is 3.30. The molecule has 10 heteroatoms. The molecular formula is C29H32FN5O4. The van der Waals surface area contributed by atoms with Gasteiger partial charge in [0.15, 0.2) is 17.7 Å². The second-order valence-corrected chi connectivity index (χ2v) is 10.6. The molecule has 3 heterocycles. The molecule has 1 aliphatic rings. The first-order valence-electron chi connectivity index (χ1n) is 12.8. The highest BCUT2D eigenvalue weighted by Gasteiger charge is 2.35. The summed E-state index contributed by atoms with van der Waals surface area (Å²) in [5, 5.41) is 5.40. The van der Waals surface area contributed by atoms with Crippen molar-refractivity contribution in [1.82, 2.24) is 24.6 Å². The number of halogens is 1. The number of fused-ring (bicyclic) bond motifs is 1. The van der Waals surface area contributed by atoms with Gasteiger partial charge in [-0.3, -0.25) is 4.68 Å². The molecule has 0 spiro atoms. The number of piperidine rings is 1. The maximum atomic E-state index is 15.3. The van der Waals surface area contributed by atoms with Crippen molar-refractivity contribution in [2.24, 2.45) is 7.05 Å². The summed E-state index contributed by atoms with van der Waals surface area (Å²) < 4.78 is 34.2. The van der Waals surface area contributed by atoms with Crippen molar-refractivity contribution in [2.45, 2.75) is 45.1 Å². The first-order chi connectivity index (χ1) is 18.6. The first-order valence-corrected chi connectivity index (χ1v) is 12.8. The number of aryl methyl sites for hydroxylation is 1. The van der Waals surface area contributed by atoms with Gasteiger partial charge < -0.3 is 19.1 Å². The summed E-state index contributed by atoms with van der Waals surface area (Å²) in [4.78, 5) is 22.9. The Balaban J connectivity index is 1.46. The van der Waals surface area contributed by atoms with Crippen LogP contribution in [0.4, 0.5) is 9.18 Å². The zero-order chi connectivity index (χ0) is 27.7. The maximum absolute atomic E-state index is 15.3. The van der Waals surface area contributed by atoms with E-state index >= 15 is 4.39 Å². The Bertz CT molecular complexity index is 1480. The van der Waals surface area contributed by atoms with Crippen molar-refractivity contribution in [3.8, 4) is 34.0 Å². The summed E-state index contributed by atoms with van der Waals surface area (Å²) in [6, 6.07) is 13.4. The van der Waals surface area contributed by atoms with Gasteiger partial charge in [0.1, 0.15) is 23.7 Å². The van der Waals surface area contributed by atoms with Gasteiger partial charge in [-0.25, -0.2) is 19.2 Å². The van der Waals surface area contributed by atoms with Gasteiger partial charge >= 0.3 is 6.09 Å². The number of amides is 1. The zero-order valence-electron chi connectivity index (χ0n) is 22.7. The summed E-state index contributed by atoms with van der Waals surface area (Å²) >= 11 is 0. The number of likely N-dealkylation sites (tertiary alicyclic amines) is 1. The van der Waals surface area contributed by atoms with E-state index in [9.17, 15) is 4.79 Å². The van der Waals surface area contributed by atoms with E-state index in [4.69, 9.17) is 14.2 Å². The largest absolute Gasteiger partial charge is 0.493 e. The minimum absolute atomic E-state index is 0.111. The molecule has 39 heavy (non-hydrogen) atoms. The number of nitrogens with zero attached hydrogens (tertiary/aromatic N) is 5. The molecule has 2 aromatic carbocycles. The van der Waals surface area contributed by atoms with Crippen LogP contribution in [0, 0.1) is 0 Å². The fourth-order valence-corrected chi connectivity index (χ4v) is 4.67. The Hall–Kier alpha value is -4.21. The highest BCUT2D eigenvalue weighted by molar-refractivity contribution is 5.97. The summed E-state index contributed by atoms with van der Waals surface area (Å²) in [6.45, 7) is 5.56. The molecular weight excluding hydrogens is 501 g/mol. The number of carbonyl (C=O) groups is 1. The van der Waals surface area contributed by atoms with Gasteiger partial charge in [-0.2, -0.15) is 5.10 Å². The number of methoxy groups -OCH3 is 1. The average molecular weight is 534 g/mol. The van der Waals surface area contributed by atoms with Gasteiger partial charge in [-0.1, -0.05) is 30.3 Å². The topological polar surface area (TPSA) is 91.6 Å². The number of hydrogen-bond acceptors (Lipinski definition) is 7. The van der Waals surface area contributed by atoms with E-state index in [1.165, 1.54) is 18.3 Å². The molecule has 1 saturated heterocycles. The third-order valence-corrected chi connectivity index (χ3v) is 6.46. The van der Waals surface area contributed by atoms with Crippen molar-refractivity contribution in [1.29, 1.82) is 0 Å². The Morgan fingerprint density at radius 2 is 1.85 bits per heavy atom. The van der Waals surface area contributed by atoms with Gasteiger partial charge in [0, 0.05) is 48.8 Å². The Morgan fingerprint density at radius 3 is 2.54 bits per heavy atom. The number of hydrogen-bond donors (Lipinski definition) is 0. The van der Waals surface area contributed by atoms with Crippen LogP contribution in [0.3, 0.4) is 0 Å². The summed E-state index contributed by atoms with van der Waals surface area (Å²) in [7, 11) is 3.39. The van der Waals surface area contributed by atoms with Crippen molar-refractivity contribution in [3.05, 3.63) is 55.0 Å². The van der Waals surface area contributed by atoms with Gasteiger partial charge in [-0.05, 0) is 26.8 Å². The Morgan fingerprint density at radius 1 is 1.08 bits per heavy atom. The molecule has 2 atom stereocenters. The molecule has 0 unspecified atom stereocenters. The van der Waals surface area contributed by atoms with Crippen molar-refractivity contribution in [3.63, 3.8) is 0 Å². The van der Waals surface area contributed by atoms with E-state index in [-0.39, 0.29) is 6.54 Å². The van der Waals surface area contributed by atoms with E-state index < -0.39 is 24.0 Å². The fourth-order valence-electron chi connectivity index (χ4n) is 4.67. The second kappa shape index (κ2) is 10.5. The smallest absolute Gasteiger partial charge is 0.410 e. The molecule has 0 saturated carbocycles. The van der Waals surface area contributed by atoms with Crippen LogP contribution in [-0.4, -0.2) is 68.8 Å². The maximum Gasteiger partial charge on any atom is 0.410 e. The fraction of sp³-hybridized carbons (Fsp3) is 0.379. The number of carbonyl (C=O) groups excluding carboxylic acids is 1. The van der Waals surface area contributed by atoms with Crippen LogP contribution in [-0.2, 0) is 11.8 Å². The lowest BCUT2D eigenvalue weighted by Gasteiger charge is -2.35. The van der Waals surface area contributed by atoms with Gasteiger partial charge in [-0.15, -0.1) is 0 Å². The standard InChI is InChI=1S/C29H32FN5O4/c1-29(2,3)39-28(36)35-12-11-23(21(30)16-35)38-25-13-19-22(14-24(25)37-5)31-17-32-27(19)20-15-34(4)33-26(20)18-9-7-6-8-10-18/h6-10,13-15,17,21,23H,11-12,16H2,1-5H3/t21-,23+/m0/s1. The van der Waals surface area contributed by atoms with Crippen LogP contribution in [0.1, 0.15) is 27.2 Å². The molecule has 0 aliphatic carbocycles. The molecule has 2 aromatic heterocycles. The number of ether oxygens (including phenoxy) is 3. The highest BCUT2D eigenvalue weighted by atomic mass is 19.1. The van der Waals surface area contributed by atoms with Gasteiger partial charge in [0.25, 0.3) is 0 Å². The Kier molecular flexibility index (Phi) is 7.12. The van der Waals surface area contributed by atoms with Gasteiger partial charge in [0.2, 0.25) is 0 Å². The van der Waals surface area contributed by atoms with Crippen LogP contribution in [0.5, 0.6) is 11.5 Å². The van der Waals surface area contributed by atoms with Crippen LogP contribution in [0.2, 0.25) is 0 Å². The van der Waals surface area contributed by atoms with Crippen molar-refractivity contribution >= 4 is 17.0 Å².